The summed E-state index contributed by atoms with van der Waals surface area (Å²) in [7, 11) is 0. The Morgan fingerprint density at radius 2 is 1.57 bits per heavy atom. The summed E-state index contributed by atoms with van der Waals surface area (Å²) in [5.41, 5.74) is 5.66. The van der Waals surface area contributed by atoms with Crippen molar-refractivity contribution in [2.24, 2.45) is 0 Å². The first kappa shape index (κ1) is 11.0. The Bertz CT molecular complexity index is 322. The van der Waals surface area contributed by atoms with Crippen molar-refractivity contribution >= 4 is 0 Å². The molecule has 0 heterocycles. The third-order valence-corrected chi connectivity index (χ3v) is 2.67. The van der Waals surface area contributed by atoms with Gasteiger partial charge in [0.2, 0.25) is 0 Å². The molecule has 1 aromatic rings. The van der Waals surface area contributed by atoms with Crippen molar-refractivity contribution in [3.8, 4) is 0 Å². The van der Waals surface area contributed by atoms with Crippen molar-refractivity contribution in [3.05, 3.63) is 46.5 Å². The molecular weight excluding hydrogens is 168 g/mol. The first-order valence-electron chi connectivity index (χ1n) is 5.26. The maximum atomic E-state index is 2.27. The van der Waals surface area contributed by atoms with Crippen LogP contribution in [0, 0.1) is 20.8 Å². The van der Waals surface area contributed by atoms with E-state index in [0.717, 1.165) is 0 Å². The van der Waals surface area contributed by atoms with Crippen LogP contribution in [0.15, 0.2) is 24.3 Å². The fraction of sp³-hybridized carbons (Fsp3) is 0.429. The minimum absolute atomic E-state index is 0.528. The summed E-state index contributed by atoms with van der Waals surface area (Å²) in [5.74, 6) is 0.528. The van der Waals surface area contributed by atoms with Crippen LogP contribution in [0.1, 0.15) is 42.0 Å². The van der Waals surface area contributed by atoms with Crippen molar-refractivity contribution in [3.63, 3.8) is 0 Å². The van der Waals surface area contributed by atoms with E-state index in [1.165, 1.54) is 22.3 Å². The van der Waals surface area contributed by atoms with Crippen molar-refractivity contribution in [2.45, 2.75) is 40.5 Å². The maximum Gasteiger partial charge on any atom is -0.000530 e. The van der Waals surface area contributed by atoms with Gasteiger partial charge in [0.25, 0.3) is 0 Å². The lowest BCUT2D eigenvalue weighted by molar-refractivity contribution is 0.932. The first-order valence-corrected chi connectivity index (χ1v) is 5.26. The summed E-state index contributed by atoms with van der Waals surface area (Å²) in [6.45, 7) is 10.9. The molecule has 0 amide bonds. The Morgan fingerprint density at radius 1 is 1.07 bits per heavy atom. The van der Waals surface area contributed by atoms with Gasteiger partial charge >= 0.3 is 0 Å². The van der Waals surface area contributed by atoms with Gasteiger partial charge in [-0.15, -0.1) is 0 Å². The zero-order valence-corrected chi connectivity index (χ0v) is 9.89. The third kappa shape index (κ3) is 2.25. The lowest BCUT2D eigenvalue weighted by atomic mass is 9.90. The molecule has 0 N–H and O–H groups in total. The maximum absolute atomic E-state index is 2.27. The molecule has 0 aliphatic heterocycles. The smallest absolute Gasteiger partial charge is 0.000530 e. The van der Waals surface area contributed by atoms with Crippen LogP contribution in [-0.4, -0.2) is 0 Å². The molecule has 1 aromatic carbocycles. The van der Waals surface area contributed by atoms with E-state index < -0.39 is 0 Å². The lowest BCUT2D eigenvalue weighted by Crippen LogP contribution is -1.98. The van der Waals surface area contributed by atoms with Crippen LogP contribution in [0.25, 0.3) is 0 Å². The summed E-state index contributed by atoms with van der Waals surface area (Å²) in [4.78, 5) is 0. The Kier molecular flexibility index (Phi) is 3.51. The van der Waals surface area contributed by atoms with E-state index in [1.54, 1.807) is 0 Å². The number of hydrogen-bond donors (Lipinski definition) is 0. The molecule has 0 nitrogen and oxygen atoms in total. The number of hydrogen-bond acceptors (Lipinski definition) is 0. The average Bonchev–Trinajstić information content (AvgIpc) is 2.01. The Labute approximate surface area is 87.7 Å². The minimum atomic E-state index is 0.528. The Balaban J connectivity index is 3.20. The zero-order valence-electron chi connectivity index (χ0n) is 9.89. The number of rotatable bonds is 2. The van der Waals surface area contributed by atoms with Gasteiger partial charge in [0.05, 0.1) is 0 Å². The molecule has 0 saturated carbocycles. The Morgan fingerprint density at radius 3 is 2.00 bits per heavy atom. The summed E-state index contributed by atoms with van der Waals surface area (Å²) in [6, 6.07) is 4.53. The fourth-order valence-corrected chi connectivity index (χ4v) is 2.29. The number of allylic oxidation sites excluding steroid dienone is 2. The lowest BCUT2D eigenvalue weighted by Gasteiger charge is -2.15. The molecule has 0 radical (unpaired) electrons. The number of benzene rings is 1. The van der Waals surface area contributed by atoms with Crippen LogP contribution in [0.5, 0.6) is 0 Å². The highest BCUT2D eigenvalue weighted by Crippen LogP contribution is 2.25. The van der Waals surface area contributed by atoms with E-state index in [0.29, 0.717) is 5.92 Å². The topological polar surface area (TPSA) is 0 Å². The number of aryl methyl sites for hydroxylation is 3. The molecule has 0 heteroatoms. The highest BCUT2D eigenvalue weighted by atomic mass is 14.1. The minimum Gasteiger partial charge on any atom is -0.0911 e. The largest absolute Gasteiger partial charge is 0.0911 e. The van der Waals surface area contributed by atoms with E-state index in [4.69, 9.17) is 0 Å². The van der Waals surface area contributed by atoms with Crippen molar-refractivity contribution < 1.29 is 0 Å². The van der Waals surface area contributed by atoms with Crippen molar-refractivity contribution in [1.29, 1.82) is 0 Å². The monoisotopic (exact) mass is 188 g/mol. The highest BCUT2D eigenvalue weighted by molar-refractivity contribution is 5.41. The standard InChI is InChI=1S/C14H20/c1-6-7-11(3)14-12(4)8-10(2)9-13(14)5/h6-9,11H,1-5H3. The molecule has 1 atom stereocenters. The summed E-state index contributed by atoms with van der Waals surface area (Å²) in [6.07, 6.45) is 4.38. The summed E-state index contributed by atoms with van der Waals surface area (Å²) < 4.78 is 0. The molecule has 0 aliphatic carbocycles. The van der Waals surface area contributed by atoms with Gasteiger partial charge < -0.3 is 0 Å². The third-order valence-electron chi connectivity index (χ3n) is 2.67. The van der Waals surface area contributed by atoms with E-state index >= 15 is 0 Å². The second-order valence-corrected chi connectivity index (χ2v) is 4.13. The van der Waals surface area contributed by atoms with E-state index in [2.05, 4.69) is 58.9 Å². The molecule has 0 aromatic heterocycles. The van der Waals surface area contributed by atoms with Crippen LogP contribution in [0.4, 0.5) is 0 Å². The summed E-state index contributed by atoms with van der Waals surface area (Å²) >= 11 is 0. The van der Waals surface area contributed by atoms with Gasteiger partial charge in [0.1, 0.15) is 0 Å². The second-order valence-electron chi connectivity index (χ2n) is 4.13. The highest BCUT2D eigenvalue weighted by Gasteiger charge is 2.08. The molecule has 0 saturated heterocycles. The normalized spacial score (nSPS) is 13.5. The van der Waals surface area contributed by atoms with Gasteiger partial charge in [-0.05, 0) is 50.3 Å². The van der Waals surface area contributed by atoms with Crippen LogP contribution in [0.3, 0.4) is 0 Å². The predicted molar refractivity (Wildman–Crippen MR) is 63.9 cm³/mol. The fourth-order valence-electron chi connectivity index (χ4n) is 2.29. The van der Waals surface area contributed by atoms with Gasteiger partial charge in [-0.25, -0.2) is 0 Å². The van der Waals surface area contributed by atoms with Gasteiger partial charge in [-0.2, -0.15) is 0 Å². The molecule has 1 unspecified atom stereocenters. The van der Waals surface area contributed by atoms with Gasteiger partial charge in [-0.3, -0.25) is 0 Å². The molecular formula is C14H20. The summed E-state index contributed by atoms with van der Waals surface area (Å²) in [5, 5.41) is 0. The van der Waals surface area contributed by atoms with E-state index in [9.17, 15) is 0 Å². The van der Waals surface area contributed by atoms with Crippen molar-refractivity contribution in [2.75, 3.05) is 0 Å². The van der Waals surface area contributed by atoms with Gasteiger partial charge in [-0.1, -0.05) is 36.8 Å². The molecule has 76 valence electrons. The van der Waals surface area contributed by atoms with Gasteiger partial charge in [0.15, 0.2) is 0 Å². The van der Waals surface area contributed by atoms with Crippen LogP contribution < -0.4 is 0 Å². The van der Waals surface area contributed by atoms with Crippen LogP contribution >= 0.6 is 0 Å². The molecule has 14 heavy (non-hydrogen) atoms. The van der Waals surface area contributed by atoms with Crippen LogP contribution in [0.2, 0.25) is 0 Å². The molecule has 0 aliphatic rings. The predicted octanol–water partition coefficient (Wildman–Crippen LogP) is 4.29. The first-order chi connectivity index (χ1) is 6.56. The van der Waals surface area contributed by atoms with E-state index in [1.807, 2.05) is 0 Å². The molecule has 0 bridgehead atoms. The van der Waals surface area contributed by atoms with Gasteiger partial charge in [0, 0.05) is 0 Å². The van der Waals surface area contributed by atoms with Crippen LogP contribution in [-0.2, 0) is 0 Å². The van der Waals surface area contributed by atoms with Crippen molar-refractivity contribution in [1.82, 2.24) is 0 Å². The second kappa shape index (κ2) is 4.45. The Hall–Kier alpha value is -1.04. The molecule has 1 rings (SSSR count). The average molecular weight is 188 g/mol. The molecule has 0 spiro atoms. The molecule has 0 fully saturated rings. The zero-order chi connectivity index (χ0) is 10.7. The SMILES string of the molecule is CC=CC(C)c1c(C)cc(C)cc1C. The quantitative estimate of drug-likeness (QED) is 0.607. The van der Waals surface area contributed by atoms with E-state index in [-0.39, 0.29) is 0 Å².